The number of sulfone groups is 1. The van der Waals surface area contributed by atoms with E-state index in [9.17, 15) is 13.2 Å². The van der Waals surface area contributed by atoms with Crippen LogP contribution in [0.3, 0.4) is 0 Å². The number of nitrogens with zero attached hydrogens (tertiary/aromatic N) is 2. The molecule has 2 aromatic carbocycles. The Bertz CT molecular complexity index is 1310. The van der Waals surface area contributed by atoms with Crippen LogP contribution in [-0.4, -0.2) is 23.7 Å². The van der Waals surface area contributed by atoms with Crippen molar-refractivity contribution in [2.75, 3.05) is 0 Å². The average molecular weight is 420 g/mol. The van der Waals surface area contributed by atoms with Gasteiger partial charge in [0.15, 0.2) is 0 Å². The maximum absolute atomic E-state index is 13.0. The van der Waals surface area contributed by atoms with Crippen molar-refractivity contribution >= 4 is 21.4 Å². The number of carbonyl (C=O) groups is 1. The van der Waals surface area contributed by atoms with Crippen LogP contribution < -0.4 is 5.32 Å². The second kappa shape index (κ2) is 8.12. The van der Waals surface area contributed by atoms with Crippen LogP contribution in [-0.2, 0) is 22.8 Å². The number of hydrogen-bond acceptors (Lipinski definition) is 4. The predicted octanol–water partition coefficient (Wildman–Crippen LogP) is 3.66. The number of nitrogens with one attached hydrogen (secondary N) is 1. The molecule has 0 bridgehead atoms. The Balaban J connectivity index is 1.47. The van der Waals surface area contributed by atoms with Crippen molar-refractivity contribution in [3.63, 3.8) is 0 Å². The van der Waals surface area contributed by atoms with Gasteiger partial charge in [-0.3, -0.25) is 4.79 Å². The SMILES string of the molecule is CCc1ccccc1S(=O)(=O)c1ccc(CNC(=O)c2ccc3nccn3c2)cc1. The fraction of sp³-hybridized carbons (Fsp3) is 0.130. The number of aromatic nitrogens is 2. The van der Waals surface area contributed by atoms with Crippen LogP contribution in [0.2, 0.25) is 0 Å². The van der Waals surface area contributed by atoms with Crippen molar-refractivity contribution in [2.24, 2.45) is 0 Å². The van der Waals surface area contributed by atoms with Crippen LogP contribution in [0.25, 0.3) is 5.65 Å². The molecule has 30 heavy (non-hydrogen) atoms. The lowest BCUT2D eigenvalue weighted by Gasteiger charge is -2.10. The molecule has 0 saturated carbocycles. The first-order valence-electron chi connectivity index (χ1n) is 9.62. The lowest BCUT2D eigenvalue weighted by atomic mass is 10.2. The summed E-state index contributed by atoms with van der Waals surface area (Å²) < 4.78 is 27.7. The zero-order valence-corrected chi connectivity index (χ0v) is 17.3. The van der Waals surface area contributed by atoms with E-state index in [2.05, 4.69) is 10.3 Å². The number of benzene rings is 2. The summed E-state index contributed by atoms with van der Waals surface area (Å²) in [6.45, 7) is 2.23. The predicted molar refractivity (Wildman–Crippen MR) is 114 cm³/mol. The van der Waals surface area contributed by atoms with E-state index in [1.165, 1.54) is 0 Å². The fourth-order valence-electron chi connectivity index (χ4n) is 3.31. The molecule has 0 saturated heterocycles. The van der Waals surface area contributed by atoms with Crippen molar-refractivity contribution in [1.82, 2.24) is 14.7 Å². The second-order valence-corrected chi connectivity index (χ2v) is 8.82. The van der Waals surface area contributed by atoms with E-state index in [-0.39, 0.29) is 10.8 Å². The molecule has 0 aliphatic rings. The average Bonchev–Trinajstić information content (AvgIpc) is 3.25. The van der Waals surface area contributed by atoms with Crippen molar-refractivity contribution in [1.29, 1.82) is 0 Å². The van der Waals surface area contributed by atoms with Crippen LogP contribution in [0, 0.1) is 0 Å². The monoisotopic (exact) mass is 419 g/mol. The number of pyridine rings is 1. The summed E-state index contributed by atoms with van der Waals surface area (Å²) in [5, 5.41) is 2.86. The number of amides is 1. The highest BCUT2D eigenvalue weighted by Crippen LogP contribution is 2.24. The summed E-state index contributed by atoms with van der Waals surface area (Å²) in [6.07, 6.45) is 5.82. The van der Waals surface area contributed by atoms with Crippen molar-refractivity contribution in [3.05, 3.63) is 95.9 Å². The van der Waals surface area contributed by atoms with E-state index < -0.39 is 9.84 Å². The molecule has 4 aromatic rings. The molecule has 0 radical (unpaired) electrons. The molecular weight excluding hydrogens is 398 g/mol. The fourth-order valence-corrected chi connectivity index (χ4v) is 4.87. The Morgan fingerprint density at radius 3 is 2.57 bits per heavy atom. The Kier molecular flexibility index (Phi) is 5.37. The molecule has 0 spiro atoms. The molecule has 2 heterocycles. The highest BCUT2D eigenvalue weighted by molar-refractivity contribution is 7.91. The van der Waals surface area contributed by atoms with Crippen molar-refractivity contribution in [3.8, 4) is 0 Å². The molecule has 0 aliphatic heterocycles. The minimum absolute atomic E-state index is 0.209. The number of aryl methyl sites for hydroxylation is 1. The van der Waals surface area contributed by atoms with E-state index in [0.717, 1.165) is 16.8 Å². The largest absolute Gasteiger partial charge is 0.348 e. The number of rotatable bonds is 6. The Morgan fingerprint density at radius 1 is 1.03 bits per heavy atom. The molecule has 7 heteroatoms. The molecule has 1 N–H and O–H groups in total. The molecule has 0 aliphatic carbocycles. The summed E-state index contributed by atoms with van der Waals surface area (Å²) in [5.74, 6) is -0.209. The zero-order chi connectivity index (χ0) is 21.1. The highest BCUT2D eigenvalue weighted by Gasteiger charge is 2.20. The summed E-state index contributed by atoms with van der Waals surface area (Å²) >= 11 is 0. The van der Waals surface area contributed by atoms with Gasteiger partial charge in [-0.05, 0) is 47.9 Å². The van der Waals surface area contributed by atoms with Gasteiger partial charge in [-0.2, -0.15) is 0 Å². The first-order chi connectivity index (χ1) is 14.5. The minimum atomic E-state index is -3.58. The first kappa shape index (κ1) is 19.8. The van der Waals surface area contributed by atoms with Crippen molar-refractivity contribution < 1.29 is 13.2 Å². The summed E-state index contributed by atoms with van der Waals surface area (Å²) in [6, 6.07) is 17.2. The van der Waals surface area contributed by atoms with Gasteiger partial charge >= 0.3 is 0 Å². The van der Waals surface area contributed by atoms with Crippen LogP contribution in [0.4, 0.5) is 0 Å². The van der Waals surface area contributed by atoms with Gasteiger partial charge in [0.1, 0.15) is 5.65 Å². The summed E-state index contributed by atoms with van der Waals surface area (Å²) in [5.41, 5.74) is 2.90. The normalized spacial score (nSPS) is 11.5. The Hall–Kier alpha value is -3.45. The standard InChI is InChI=1S/C23H21N3O3S/c1-2-18-5-3-4-6-21(18)30(28,29)20-10-7-17(8-11-20)15-25-23(27)19-9-12-22-24-13-14-26(22)16-19/h3-14,16H,2,15H2,1H3,(H,25,27). The van der Waals surface area contributed by atoms with Gasteiger partial charge in [0.25, 0.3) is 5.91 Å². The van der Waals surface area contributed by atoms with E-state index in [4.69, 9.17) is 0 Å². The third-order valence-corrected chi connectivity index (χ3v) is 6.85. The maximum Gasteiger partial charge on any atom is 0.253 e. The number of hydrogen-bond donors (Lipinski definition) is 1. The third kappa shape index (κ3) is 3.84. The molecule has 0 atom stereocenters. The molecule has 6 nitrogen and oxygen atoms in total. The Morgan fingerprint density at radius 2 is 1.80 bits per heavy atom. The van der Waals surface area contributed by atoms with Crippen molar-refractivity contribution in [2.45, 2.75) is 29.7 Å². The molecule has 4 rings (SSSR count). The van der Waals surface area contributed by atoms with E-state index >= 15 is 0 Å². The van der Waals surface area contributed by atoms with Crippen LogP contribution >= 0.6 is 0 Å². The number of fused-ring (bicyclic) bond motifs is 1. The summed E-state index contributed by atoms with van der Waals surface area (Å²) in [4.78, 5) is 17.2. The number of carbonyl (C=O) groups excluding carboxylic acids is 1. The first-order valence-corrected chi connectivity index (χ1v) is 11.1. The third-order valence-electron chi connectivity index (χ3n) is 4.98. The quantitative estimate of drug-likeness (QED) is 0.517. The maximum atomic E-state index is 13.0. The van der Waals surface area contributed by atoms with Crippen LogP contribution in [0.5, 0.6) is 0 Å². The van der Waals surface area contributed by atoms with Gasteiger partial charge in [-0.25, -0.2) is 13.4 Å². The van der Waals surface area contributed by atoms with E-state index in [0.29, 0.717) is 23.4 Å². The molecule has 152 valence electrons. The molecule has 0 unspecified atom stereocenters. The molecular formula is C23H21N3O3S. The number of imidazole rings is 1. The molecule has 1 amide bonds. The van der Waals surface area contributed by atoms with Gasteiger partial charge in [0.2, 0.25) is 9.84 Å². The van der Waals surface area contributed by atoms with E-state index in [1.807, 2.05) is 19.1 Å². The zero-order valence-electron chi connectivity index (χ0n) is 16.4. The van der Waals surface area contributed by atoms with Gasteiger partial charge in [-0.15, -0.1) is 0 Å². The highest BCUT2D eigenvalue weighted by atomic mass is 32.2. The minimum Gasteiger partial charge on any atom is -0.348 e. The van der Waals surface area contributed by atoms with Gasteiger partial charge in [0.05, 0.1) is 15.4 Å². The lowest BCUT2D eigenvalue weighted by Crippen LogP contribution is -2.23. The van der Waals surface area contributed by atoms with Crippen LogP contribution in [0.15, 0.2) is 89.0 Å². The Labute approximate surface area is 175 Å². The topological polar surface area (TPSA) is 80.5 Å². The second-order valence-electron chi connectivity index (χ2n) is 6.90. The van der Waals surface area contributed by atoms with Gasteiger partial charge in [-0.1, -0.05) is 37.3 Å². The van der Waals surface area contributed by atoms with Crippen LogP contribution in [0.1, 0.15) is 28.4 Å². The lowest BCUT2D eigenvalue weighted by molar-refractivity contribution is 0.0950. The molecule has 2 aromatic heterocycles. The smallest absolute Gasteiger partial charge is 0.253 e. The molecule has 0 fully saturated rings. The van der Waals surface area contributed by atoms with Gasteiger partial charge < -0.3 is 9.72 Å². The van der Waals surface area contributed by atoms with E-state index in [1.54, 1.807) is 71.5 Å². The van der Waals surface area contributed by atoms with Gasteiger partial charge in [0, 0.05) is 25.1 Å². The summed E-state index contributed by atoms with van der Waals surface area (Å²) in [7, 11) is -3.58.